The average Bonchev–Trinajstić information content (AvgIpc) is 2.46. The minimum Gasteiger partial charge on any atom is -0.498 e. The topological polar surface area (TPSA) is 52.6 Å². The van der Waals surface area contributed by atoms with E-state index in [2.05, 4.69) is 33.9 Å². The number of ether oxygens (including phenoxy) is 1. The molecule has 0 spiro atoms. The van der Waals surface area contributed by atoms with Gasteiger partial charge >= 0.3 is 0 Å². The van der Waals surface area contributed by atoms with Crippen molar-refractivity contribution in [2.75, 3.05) is 6.61 Å². The van der Waals surface area contributed by atoms with Crippen molar-refractivity contribution in [3.05, 3.63) is 42.0 Å². The fourth-order valence-corrected chi connectivity index (χ4v) is 3.66. The predicted molar refractivity (Wildman–Crippen MR) is 101 cm³/mol. The molecule has 1 rings (SSSR count). The molecular weight excluding hydrogens is 340 g/mol. The number of hydrogen-bond donors (Lipinski definition) is 0. The normalized spacial score (nSPS) is 14.8. The molecule has 1 aromatic carbocycles. The van der Waals surface area contributed by atoms with E-state index in [1.165, 1.54) is 6.26 Å². The van der Waals surface area contributed by atoms with E-state index in [1.54, 1.807) is 30.3 Å². The Morgan fingerprint density at radius 2 is 1.75 bits per heavy atom. The zero-order chi connectivity index (χ0) is 18.4. The average molecular weight is 371 g/mol. The molecule has 0 saturated carbocycles. The summed E-state index contributed by atoms with van der Waals surface area (Å²) >= 11 is 0. The third kappa shape index (κ3) is 6.41. The van der Waals surface area contributed by atoms with Crippen molar-refractivity contribution in [2.45, 2.75) is 63.2 Å². The Bertz CT molecular complexity index is 631. The van der Waals surface area contributed by atoms with Crippen molar-refractivity contribution < 1.29 is 17.6 Å². The highest BCUT2D eigenvalue weighted by Crippen LogP contribution is 2.36. The highest BCUT2D eigenvalue weighted by Gasteiger charge is 2.36. The van der Waals surface area contributed by atoms with Crippen LogP contribution in [0.15, 0.2) is 46.9 Å². The minimum atomic E-state index is -3.45. The highest BCUT2D eigenvalue weighted by molar-refractivity contribution is 7.94. The van der Waals surface area contributed by atoms with E-state index in [9.17, 15) is 8.42 Å². The second kappa shape index (κ2) is 8.32. The van der Waals surface area contributed by atoms with Crippen molar-refractivity contribution in [3.63, 3.8) is 0 Å². The van der Waals surface area contributed by atoms with E-state index in [-0.39, 0.29) is 16.0 Å². The third-order valence-corrected chi connectivity index (χ3v) is 10.3. The molecule has 0 radical (unpaired) electrons. The van der Waals surface area contributed by atoms with Gasteiger partial charge in [0.25, 0.3) is 0 Å². The van der Waals surface area contributed by atoms with Crippen LogP contribution >= 0.6 is 0 Å². The van der Waals surface area contributed by atoms with Crippen LogP contribution in [-0.4, -0.2) is 29.4 Å². The first-order valence-electron chi connectivity index (χ1n) is 8.22. The summed E-state index contributed by atoms with van der Waals surface area (Å²) < 4.78 is 35.7. The maximum Gasteiger partial charge on any atom is 0.202 e. The van der Waals surface area contributed by atoms with Gasteiger partial charge in [-0.1, -0.05) is 39.0 Å². The lowest BCUT2D eigenvalue weighted by Crippen LogP contribution is -2.41. The molecule has 136 valence electrons. The lowest BCUT2D eigenvalue weighted by molar-refractivity contribution is 0.128. The Kier molecular flexibility index (Phi) is 7.25. The molecule has 0 bridgehead atoms. The molecule has 0 N–H and O–H groups in total. The second-order valence-corrected chi connectivity index (χ2v) is 14.1. The molecule has 1 atom stereocenters. The molecule has 6 heteroatoms. The summed E-state index contributed by atoms with van der Waals surface area (Å²) in [4.78, 5) is 0.263. The first-order chi connectivity index (χ1) is 11.0. The van der Waals surface area contributed by atoms with Crippen molar-refractivity contribution >= 4 is 18.2 Å². The molecule has 1 unspecified atom stereocenters. The Morgan fingerprint density at radius 3 is 2.29 bits per heavy atom. The highest BCUT2D eigenvalue weighted by atomic mass is 32.2. The summed E-state index contributed by atoms with van der Waals surface area (Å²) in [6, 6.07) is 8.31. The monoisotopic (exact) mass is 370 g/mol. The van der Waals surface area contributed by atoms with Crippen LogP contribution in [-0.2, 0) is 19.0 Å². The summed E-state index contributed by atoms with van der Waals surface area (Å²) in [5, 5.41) is 1.29. The van der Waals surface area contributed by atoms with Crippen molar-refractivity contribution in [2.24, 2.45) is 0 Å². The number of benzene rings is 1. The number of rotatable bonds is 8. The Hall–Kier alpha value is -1.11. The summed E-state index contributed by atoms with van der Waals surface area (Å²) in [5.41, 5.74) is 0. The van der Waals surface area contributed by atoms with Crippen LogP contribution < -0.4 is 0 Å². The predicted octanol–water partition coefficient (Wildman–Crippen LogP) is 4.75. The SMILES string of the molecule is CC(CCO[Si](C)(C)C(C)(C)C)O/C=C/S(=O)(=O)c1ccccc1. The Labute approximate surface area is 147 Å². The molecule has 1 aromatic rings. The zero-order valence-electron chi connectivity index (χ0n) is 15.6. The molecule has 24 heavy (non-hydrogen) atoms. The van der Waals surface area contributed by atoms with Crippen LogP contribution in [0, 0.1) is 0 Å². The van der Waals surface area contributed by atoms with Gasteiger partial charge in [-0.2, -0.15) is 0 Å². The van der Waals surface area contributed by atoms with Gasteiger partial charge in [0.1, 0.15) is 0 Å². The van der Waals surface area contributed by atoms with E-state index in [0.717, 1.165) is 11.8 Å². The lowest BCUT2D eigenvalue weighted by atomic mass is 10.2. The standard InChI is InChI=1S/C18H30O4SSi/c1-16(12-13-22-24(5,6)18(2,3)4)21-14-15-23(19,20)17-10-8-7-9-11-17/h7-11,14-16H,12-13H2,1-6H3/b15-14+. The van der Waals surface area contributed by atoms with E-state index in [0.29, 0.717) is 6.61 Å². The van der Waals surface area contributed by atoms with Crippen LogP contribution in [0.5, 0.6) is 0 Å². The second-order valence-electron chi connectivity index (χ2n) is 7.47. The molecule has 0 amide bonds. The van der Waals surface area contributed by atoms with Crippen LogP contribution in [0.2, 0.25) is 18.1 Å². The Morgan fingerprint density at radius 1 is 1.17 bits per heavy atom. The first kappa shape index (κ1) is 20.9. The molecule has 4 nitrogen and oxygen atoms in total. The van der Waals surface area contributed by atoms with Gasteiger partial charge < -0.3 is 9.16 Å². The van der Waals surface area contributed by atoms with Gasteiger partial charge in [-0.05, 0) is 37.2 Å². The molecule has 0 saturated heterocycles. The minimum absolute atomic E-state index is 0.100. The maximum atomic E-state index is 12.1. The van der Waals surface area contributed by atoms with E-state index < -0.39 is 18.2 Å². The van der Waals surface area contributed by atoms with Crippen LogP contribution in [0.3, 0.4) is 0 Å². The smallest absolute Gasteiger partial charge is 0.202 e. The van der Waals surface area contributed by atoms with E-state index in [1.807, 2.05) is 6.92 Å². The van der Waals surface area contributed by atoms with Gasteiger partial charge in [0.15, 0.2) is 8.32 Å². The number of hydrogen-bond acceptors (Lipinski definition) is 4. The van der Waals surface area contributed by atoms with Crippen molar-refractivity contribution in [1.82, 2.24) is 0 Å². The van der Waals surface area contributed by atoms with E-state index in [4.69, 9.17) is 9.16 Å². The molecule has 0 fully saturated rings. The van der Waals surface area contributed by atoms with Gasteiger partial charge in [0.05, 0.1) is 22.7 Å². The fraction of sp³-hybridized carbons (Fsp3) is 0.556. The largest absolute Gasteiger partial charge is 0.498 e. The summed E-state index contributed by atoms with van der Waals surface area (Å²) in [5.74, 6) is 0. The lowest BCUT2D eigenvalue weighted by Gasteiger charge is -2.36. The Balaban J connectivity index is 2.45. The van der Waals surface area contributed by atoms with E-state index >= 15 is 0 Å². The molecular formula is C18H30O4SSi. The number of sulfone groups is 1. The van der Waals surface area contributed by atoms with Crippen molar-refractivity contribution in [1.29, 1.82) is 0 Å². The summed E-state index contributed by atoms with van der Waals surface area (Å²) in [6.07, 6.45) is 1.89. The quantitative estimate of drug-likeness (QED) is 0.489. The molecule has 0 aromatic heterocycles. The van der Waals surface area contributed by atoms with Gasteiger partial charge in [-0.3, -0.25) is 0 Å². The van der Waals surface area contributed by atoms with Crippen LogP contribution in [0.25, 0.3) is 0 Å². The molecule has 0 heterocycles. The van der Waals surface area contributed by atoms with Gasteiger partial charge in [-0.15, -0.1) is 0 Å². The maximum absolute atomic E-state index is 12.1. The zero-order valence-corrected chi connectivity index (χ0v) is 17.4. The van der Waals surface area contributed by atoms with Gasteiger partial charge in [0.2, 0.25) is 9.84 Å². The fourth-order valence-electron chi connectivity index (χ4n) is 1.69. The van der Waals surface area contributed by atoms with Crippen LogP contribution in [0.1, 0.15) is 34.1 Å². The van der Waals surface area contributed by atoms with Crippen LogP contribution in [0.4, 0.5) is 0 Å². The van der Waals surface area contributed by atoms with Gasteiger partial charge in [-0.25, -0.2) is 8.42 Å². The third-order valence-electron chi connectivity index (χ3n) is 4.41. The molecule has 0 aliphatic carbocycles. The first-order valence-corrected chi connectivity index (χ1v) is 12.7. The molecule has 0 aliphatic rings. The van der Waals surface area contributed by atoms with Gasteiger partial charge in [0, 0.05) is 13.0 Å². The summed E-state index contributed by atoms with van der Waals surface area (Å²) in [6.45, 7) is 13.6. The molecule has 0 aliphatic heterocycles. The summed E-state index contributed by atoms with van der Waals surface area (Å²) in [7, 11) is -5.20. The van der Waals surface area contributed by atoms with Crippen molar-refractivity contribution in [3.8, 4) is 0 Å².